The van der Waals surface area contributed by atoms with Gasteiger partial charge in [-0.1, -0.05) is 31.2 Å². The van der Waals surface area contributed by atoms with Crippen LogP contribution in [0.2, 0.25) is 0 Å². The molecular weight excluding hydrogens is 308 g/mol. The van der Waals surface area contributed by atoms with Crippen molar-refractivity contribution in [3.05, 3.63) is 40.2 Å². The van der Waals surface area contributed by atoms with E-state index in [1.807, 2.05) is 50.4 Å². The van der Waals surface area contributed by atoms with Crippen LogP contribution in [0.25, 0.3) is 11.3 Å². The summed E-state index contributed by atoms with van der Waals surface area (Å²) in [6.07, 6.45) is 1.70. The molecule has 2 N–H and O–H groups in total. The Morgan fingerprint density at radius 3 is 2.57 bits per heavy atom. The van der Waals surface area contributed by atoms with Crippen LogP contribution in [0.1, 0.15) is 37.3 Å². The van der Waals surface area contributed by atoms with E-state index in [1.54, 1.807) is 11.3 Å². The van der Waals surface area contributed by atoms with E-state index in [-0.39, 0.29) is 18.1 Å². The molecule has 23 heavy (non-hydrogen) atoms. The third kappa shape index (κ3) is 4.88. The Balaban J connectivity index is 1.99. The van der Waals surface area contributed by atoms with E-state index in [0.29, 0.717) is 12.8 Å². The third-order valence-corrected chi connectivity index (χ3v) is 4.89. The Morgan fingerprint density at radius 1 is 1.35 bits per heavy atom. The molecule has 1 aromatic heterocycles. The van der Waals surface area contributed by atoms with Crippen LogP contribution in [0, 0.1) is 6.92 Å². The minimum Gasteiger partial charge on any atom is -0.396 e. The number of hydrogen-bond donors (Lipinski definition) is 2. The van der Waals surface area contributed by atoms with Crippen molar-refractivity contribution in [1.82, 2.24) is 10.3 Å². The fraction of sp³-hybridized carbons (Fsp3) is 0.444. The highest BCUT2D eigenvalue weighted by Crippen LogP contribution is 2.22. The lowest BCUT2D eigenvalue weighted by atomic mass is 9.94. The van der Waals surface area contributed by atoms with Crippen LogP contribution in [-0.4, -0.2) is 28.1 Å². The van der Waals surface area contributed by atoms with Crippen molar-refractivity contribution in [3.63, 3.8) is 0 Å². The highest BCUT2D eigenvalue weighted by atomic mass is 32.1. The van der Waals surface area contributed by atoms with Crippen molar-refractivity contribution >= 4 is 17.2 Å². The predicted molar refractivity (Wildman–Crippen MR) is 94.5 cm³/mol. The van der Waals surface area contributed by atoms with Gasteiger partial charge in [0.2, 0.25) is 5.91 Å². The SMILES string of the molecule is CCC(C)(CCO)NC(=O)Cc1ccc(-c2csc(C)n2)cc1. The quantitative estimate of drug-likeness (QED) is 0.817. The molecule has 0 fully saturated rings. The maximum atomic E-state index is 12.2. The number of aliphatic hydroxyl groups is 1. The molecule has 5 heteroatoms. The summed E-state index contributed by atoms with van der Waals surface area (Å²) in [5.74, 6) is -0.0138. The number of hydrogen-bond acceptors (Lipinski definition) is 4. The van der Waals surface area contributed by atoms with Crippen molar-refractivity contribution in [2.45, 2.75) is 45.6 Å². The van der Waals surface area contributed by atoms with Crippen LogP contribution in [0.4, 0.5) is 0 Å². The number of nitrogens with zero attached hydrogens (tertiary/aromatic N) is 1. The minimum absolute atomic E-state index is 0.0138. The molecule has 0 radical (unpaired) electrons. The molecule has 0 aliphatic carbocycles. The summed E-state index contributed by atoms with van der Waals surface area (Å²) in [7, 11) is 0. The summed E-state index contributed by atoms with van der Waals surface area (Å²) in [5.41, 5.74) is 2.67. The van der Waals surface area contributed by atoms with Gasteiger partial charge in [0.1, 0.15) is 0 Å². The first-order valence-electron chi connectivity index (χ1n) is 7.89. The van der Waals surface area contributed by atoms with Gasteiger partial charge in [-0.25, -0.2) is 4.98 Å². The van der Waals surface area contributed by atoms with Gasteiger partial charge in [-0.05, 0) is 32.3 Å². The number of carbonyl (C=O) groups excluding carboxylic acids is 1. The monoisotopic (exact) mass is 332 g/mol. The van der Waals surface area contributed by atoms with Gasteiger partial charge in [-0.2, -0.15) is 0 Å². The number of carbonyl (C=O) groups is 1. The second-order valence-corrected chi connectivity index (χ2v) is 7.12. The first kappa shape index (κ1) is 17.6. The van der Waals surface area contributed by atoms with E-state index in [0.717, 1.165) is 28.2 Å². The molecule has 0 aliphatic rings. The molecule has 4 nitrogen and oxygen atoms in total. The Morgan fingerprint density at radius 2 is 2.04 bits per heavy atom. The first-order valence-corrected chi connectivity index (χ1v) is 8.77. The summed E-state index contributed by atoms with van der Waals surface area (Å²) >= 11 is 1.63. The van der Waals surface area contributed by atoms with Crippen LogP contribution < -0.4 is 5.32 Å². The number of thiazole rings is 1. The van der Waals surface area contributed by atoms with Gasteiger partial charge >= 0.3 is 0 Å². The number of benzene rings is 1. The second kappa shape index (κ2) is 7.70. The smallest absolute Gasteiger partial charge is 0.224 e. The summed E-state index contributed by atoms with van der Waals surface area (Å²) in [5, 5.41) is 15.2. The van der Waals surface area contributed by atoms with Crippen LogP contribution in [-0.2, 0) is 11.2 Å². The molecule has 0 saturated heterocycles. The number of aromatic nitrogens is 1. The summed E-state index contributed by atoms with van der Waals surface area (Å²) in [6.45, 7) is 6.05. The van der Waals surface area contributed by atoms with E-state index in [2.05, 4.69) is 10.3 Å². The molecule has 124 valence electrons. The van der Waals surface area contributed by atoms with Crippen molar-refractivity contribution in [3.8, 4) is 11.3 Å². The van der Waals surface area contributed by atoms with Crippen LogP contribution in [0.5, 0.6) is 0 Å². The number of amides is 1. The van der Waals surface area contributed by atoms with Gasteiger partial charge in [0.05, 0.1) is 17.1 Å². The van der Waals surface area contributed by atoms with Crippen LogP contribution in [0.15, 0.2) is 29.6 Å². The van der Waals surface area contributed by atoms with E-state index >= 15 is 0 Å². The highest BCUT2D eigenvalue weighted by molar-refractivity contribution is 7.09. The average Bonchev–Trinajstić information content (AvgIpc) is 2.94. The highest BCUT2D eigenvalue weighted by Gasteiger charge is 2.23. The van der Waals surface area contributed by atoms with Crippen molar-refractivity contribution in [2.24, 2.45) is 0 Å². The lowest BCUT2D eigenvalue weighted by Crippen LogP contribution is -2.46. The number of rotatable bonds is 7. The topological polar surface area (TPSA) is 62.2 Å². The molecule has 0 saturated carbocycles. The van der Waals surface area contributed by atoms with Crippen molar-refractivity contribution in [2.75, 3.05) is 6.61 Å². The van der Waals surface area contributed by atoms with E-state index in [4.69, 9.17) is 5.11 Å². The van der Waals surface area contributed by atoms with Crippen molar-refractivity contribution < 1.29 is 9.90 Å². The zero-order valence-corrected chi connectivity index (χ0v) is 14.7. The Bertz CT molecular complexity index is 651. The maximum absolute atomic E-state index is 12.2. The molecule has 2 rings (SSSR count). The van der Waals surface area contributed by atoms with Gasteiger partial charge in [0.15, 0.2) is 0 Å². The largest absolute Gasteiger partial charge is 0.396 e. The standard InChI is InChI=1S/C18H24N2O2S/c1-4-18(3,9-10-21)20-17(22)11-14-5-7-15(8-6-14)16-12-23-13(2)19-16/h5-8,12,21H,4,9-11H2,1-3H3,(H,20,22). The van der Waals surface area contributed by atoms with Gasteiger partial charge in [0.25, 0.3) is 0 Å². The lowest BCUT2D eigenvalue weighted by Gasteiger charge is -2.29. The Labute approximate surface area is 141 Å². The molecule has 1 unspecified atom stereocenters. The molecule has 0 aliphatic heterocycles. The van der Waals surface area contributed by atoms with Crippen LogP contribution >= 0.6 is 11.3 Å². The summed E-state index contributed by atoms with van der Waals surface area (Å²) in [6, 6.07) is 7.95. The number of nitrogens with one attached hydrogen (secondary N) is 1. The maximum Gasteiger partial charge on any atom is 0.224 e. The van der Waals surface area contributed by atoms with E-state index < -0.39 is 0 Å². The fourth-order valence-corrected chi connectivity index (χ4v) is 3.05. The molecule has 2 aromatic rings. The Kier molecular flexibility index (Phi) is 5.91. The van der Waals surface area contributed by atoms with Gasteiger partial charge in [0, 0.05) is 23.1 Å². The number of aliphatic hydroxyl groups excluding tert-OH is 1. The zero-order chi connectivity index (χ0) is 16.9. The first-order chi connectivity index (χ1) is 11.0. The molecule has 1 heterocycles. The molecule has 0 spiro atoms. The second-order valence-electron chi connectivity index (χ2n) is 6.06. The summed E-state index contributed by atoms with van der Waals surface area (Å²) < 4.78 is 0. The lowest BCUT2D eigenvalue weighted by molar-refractivity contribution is -0.122. The third-order valence-electron chi connectivity index (χ3n) is 4.12. The van der Waals surface area contributed by atoms with Gasteiger partial charge < -0.3 is 10.4 Å². The normalized spacial score (nSPS) is 13.6. The van der Waals surface area contributed by atoms with Crippen molar-refractivity contribution in [1.29, 1.82) is 0 Å². The van der Waals surface area contributed by atoms with Crippen LogP contribution in [0.3, 0.4) is 0 Å². The molecule has 0 bridgehead atoms. The number of aryl methyl sites for hydroxylation is 1. The molecule has 1 aromatic carbocycles. The molecular formula is C18H24N2O2S. The minimum atomic E-state index is -0.343. The van der Waals surface area contributed by atoms with E-state index in [9.17, 15) is 4.79 Å². The van der Waals surface area contributed by atoms with Gasteiger partial charge in [-0.3, -0.25) is 4.79 Å². The molecule has 1 amide bonds. The Hall–Kier alpha value is -1.72. The average molecular weight is 332 g/mol. The van der Waals surface area contributed by atoms with Gasteiger partial charge in [-0.15, -0.1) is 11.3 Å². The summed E-state index contributed by atoms with van der Waals surface area (Å²) in [4.78, 5) is 16.7. The fourth-order valence-electron chi connectivity index (χ4n) is 2.43. The predicted octanol–water partition coefficient (Wildman–Crippen LogP) is 3.33. The molecule has 1 atom stereocenters. The zero-order valence-electron chi connectivity index (χ0n) is 13.9. The van der Waals surface area contributed by atoms with E-state index in [1.165, 1.54) is 0 Å².